The van der Waals surface area contributed by atoms with E-state index in [0.29, 0.717) is 0 Å². The summed E-state index contributed by atoms with van der Waals surface area (Å²) in [6, 6.07) is 3.25. The summed E-state index contributed by atoms with van der Waals surface area (Å²) >= 11 is 3.00. The van der Waals surface area contributed by atoms with Crippen LogP contribution in [0.3, 0.4) is 0 Å². The van der Waals surface area contributed by atoms with Gasteiger partial charge in [0.25, 0.3) is 5.91 Å². The molecule has 7 heteroatoms. The number of nitrogens with two attached hydrogens (primary N) is 1. The van der Waals surface area contributed by atoms with Crippen LogP contribution >= 0.6 is 15.9 Å². The normalized spacial score (nSPS) is 17.5. The summed E-state index contributed by atoms with van der Waals surface area (Å²) in [5.74, 6) is -0.471. The first-order chi connectivity index (χ1) is 10.3. The van der Waals surface area contributed by atoms with Crippen LogP contribution in [0.1, 0.15) is 41.6 Å². The minimum atomic E-state index is -4.58. The molecular formula is C15H18BrF3N2O. The van der Waals surface area contributed by atoms with Crippen LogP contribution in [0, 0.1) is 5.92 Å². The Bertz CT molecular complexity index is 542. The molecule has 122 valence electrons. The lowest BCUT2D eigenvalue weighted by atomic mass is 9.97. The number of carbonyl (C=O) groups is 1. The minimum Gasteiger partial charge on any atom is -0.348 e. The maximum Gasteiger partial charge on any atom is 0.417 e. The first kappa shape index (κ1) is 17.3. The molecule has 0 radical (unpaired) electrons. The monoisotopic (exact) mass is 378 g/mol. The number of carbonyl (C=O) groups excluding carboxylic acids is 1. The number of alkyl halides is 3. The van der Waals surface area contributed by atoms with E-state index in [1.165, 1.54) is 12.1 Å². The molecule has 0 saturated heterocycles. The Labute approximate surface area is 135 Å². The van der Waals surface area contributed by atoms with Gasteiger partial charge in [-0.05, 0) is 37.0 Å². The molecule has 1 aromatic carbocycles. The van der Waals surface area contributed by atoms with Crippen molar-refractivity contribution in [3.63, 3.8) is 0 Å². The smallest absolute Gasteiger partial charge is 0.348 e. The van der Waals surface area contributed by atoms with Gasteiger partial charge >= 0.3 is 6.18 Å². The van der Waals surface area contributed by atoms with Gasteiger partial charge in [0, 0.05) is 17.1 Å². The van der Waals surface area contributed by atoms with Crippen LogP contribution in [-0.4, -0.2) is 18.5 Å². The van der Waals surface area contributed by atoms with Crippen LogP contribution in [0.2, 0.25) is 0 Å². The summed E-state index contributed by atoms with van der Waals surface area (Å²) in [6.45, 7) is 0.230. The van der Waals surface area contributed by atoms with Gasteiger partial charge in [0.2, 0.25) is 0 Å². The first-order valence-electron chi connectivity index (χ1n) is 7.20. The molecule has 2 rings (SSSR count). The molecule has 1 saturated carbocycles. The summed E-state index contributed by atoms with van der Waals surface area (Å²) in [5.41, 5.74) is 4.37. The molecule has 1 aromatic rings. The number of nitrogens with one attached hydrogen (secondary N) is 1. The molecule has 0 heterocycles. The Balaban J connectivity index is 2.21. The summed E-state index contributed by atoms with van der Waals surface area (Å²) in [6.07, 6.45) is -0.530. The highest BCUT2D eigenvalue weighted by Gasteiger charge is 2.36. The average molecular weight is 379 g/mol. The molecule has 3 N–H and O–H groups in total. The van der Waals surface area contributed by atoms with Crippen molar-refractivity contribution in [3.8, 4) is 0 Å². The third-order valence-corrected chi connectivity index (χ3v) is 4.56. The highest BCUT2D eigenvalue weighted by molar-refractivity contribution is 9.10. The van der Waals surface area contributed by atoms with Crippen molar-refractivity contribution in [2.45, 2.75) is 37.9 Å². The molecule has 1 aliphatic rings. The fourth-order valence-corrected chi connectivity index (χ4v) is 3.29. The summed E-state index contributed by atoms with van der Waals surface area (Å²) in [7, 11) is 0. The second kappa shape index (κ2) is 7.00. The second-order valence-electron chi connectivity index (χ2n) is 5.55. The van der Waals surface area contributed by atoms with Crippen LogP contribution < -0.4 is 11.1 Å². The van der Waals surface area contributed by atoms with E-state index < -0.39 is 17.6 Å². The van der Waals surface area contributed by atoms with E-state index in [1.807, 2.05) is 0 Å². The topological polar surface area (TPSA) is 55.1 Å². The number of hydrogen-bond acceptors (Lipinski definition) is 2. The van der Waals surface area contributed by atoms with Gasteiger partial charge in [-0.3, -0.25) is 4.79 Å². The molecule has 1 atom stereocenters. The van der Waals surface area contributed by atoms with E-state index in [4.69, 9.17) is 5.73 Å². The van der Waals surface area contributed by atoms with Gasteiger partial charge < -0.3 is 11.1 Å². The van der Waals surface area contributed by atoms with Crippen molar-refractivity contribution in [2.75, 3.05) is 6.54 Å². The molecule has 1 aliphatic carbocycles. The van der Waals surface area contributed by atoms with E-state index in [0.717, 1.165) is 31.7 Å². The van der Waals surface area contributed by atoms with E-state index in [-0.39, 0.29) is 28.5 Å². The molecule has 0 spiro atoms. The molecular weight excluding hydrogens is 361 g/mol. The van der Waals surface area contributed by atoms with Gasteiger partial charge in [0.1, 0.15) is 0 Å². The average Bonchev–Trinajstić information content (AvgIpc) is 2.97. The number of halogens is 4. The van der Waals surface area contributed by atoms with Crippen molar-refractivity contribution < 1.29 is 18.0 Å². The van der Waals surface area contributed by atoms with Crippen molar-refractivity contribution in [3.05, 3.63) is 33.8 Å². The van der Waals surface area contributed by atoms with Gasteiger partial charge in [-0.25, -0.2) is 0 Å². The standard InChI is InChI=1S/C15H18BrF3N2O/c16-10-5-6-11(12(7-10)15(17,18)19)14(22)21-13(8-20)9-3-1-2-4-9/h5-7,9,13H,1-4,8,20H2,(H,21,22). The molecule has 1 unspecified atom stereocenters. The van der Waals surface area contributed by atoms with Crippen molar-refractivity contribution >= 4 is 21.8 Å². The zero-order valence-corrected chi connectivity index (χ0v) is 13.5. The lowest BCUT2D eigenvalue weighted by molar-refractivity contribution is -0.138. The van der Waals surface area contributed by atoms with Crippen molar-refractivity contribution in [1.82, 2.24) is 5.32 Å². The summed E-state index contributed by atoms with van der Waals surface area (Å²) in [4.78, 5) is 12.3. The number of amides is 1. The molecule has 0 aliphatic heterocycles. The van der Waals surface area contributed by atoms with Gasteiger partial charge in [-0.1, -0.05) is 28.8 Å². The third-order valence-electron chi connectivity index (χ3n) is 4.07. The Kier molecular flexibility index (Phi) is 5.50. The van der Waals surface area contributed by atoms with Gasteiger partial charge in [0.15, 0.2) is 0 Å². The zero-order chi connectivity index (χ0) is 16.3. The van der Waals surface area contributed by atoms with E-state index in [2.05, 4.69) is 21.2 Å². The Morgan fingerprint density at radius 1 is 1.36 bits per heavy atom. The minimum absolute atomic E-state index is 0.230. The Morgan fingerprint density at radius 3 is 2.55 bits per heavy atom. The molecule has 1 fully saturated rings. The second-order valence-corrected chi connectivity index (χ2v) is 6.46. The predicted octanol–water partition coefficient (Wildman–Crippen LogP) is 3.72. The van der Waals surface area contributed by atoms with Crippen molar-refractivity contribution in [2.24, 2.45) is 11.7 Å². The molecule has 0 bridgehead atoms. The lowest BCUT2D eigenvalue weighted by Crippen LogP contribution is -2.45. The van der Waals surface area contributed by atoms with Crippen LogP contribution in [-0.2, 0) is 6.18 Å². The van der Waals surface area contributed by atoms with E-state index >= 15 is 0 Å². The zero-order valence-electron chi connectivity index (χ0n) is 11.9. The fourth-order valence-electron chi connectivity index (χ4n) is 2.92. The number of hydrogen-bond donors (Lipinski definition) is 2. The predicted molar refractivity (Wildman–Crippen MR) is 81.4 cm³/mol. The van der Waals surface area contributed by atoms with Crippen LogP contribution in [0.5, 0.6) is 0 Å². The summed E-state index contributed by atoms with van der Waals surface area (Å²) in [5, 5.41) is 2.68. The highest BCUT2D eigenvalue weighted by Crippen LogP contribution is 2.34. The number of benzene rings is 1. The molecule has 22 heavy (non-hydrogen) atoms. The van der Waals surface area contributed by atoms with Gasteiger partial charge in [-0.15, -0.1) is 0 Å². The van der Waals surface area contributed by atoms with E-state index in [1.54, 1.807) is 0 Å². The van der Waals surface area contributed by atoms with Crippen molar-refractivity contribution in [1.29, 1.82) is 0 Å². The molecule has 1 amide bonds. The largest absolute Gasteiger partial charge is 0.417 e. The maximum atomic E-state index is 13.1. The van der Waals surface area contributed by atoms with Crippen LogP contribution in [0.4, 0.5) is 13.2 Å². The van der Waals surface area contributed by atoms with Crippen LogP contribution in [0.25, 0.3) is 0 Å². The summed E-state index contributed by atoms with van der Waals surface area (Å²) < 4.78 is 39.5. The van der Waals surface area contributed by atoms with Gasteiger partial charge in [0.05, 0.1) is 11.1 Å². The van der Waals surface area contributed by atoms with Crippen LogP contribution in [0.15, 0.2) is 22.7 Å². The Morgan fingerprint density at radius 2 is 2.00 bits per heavy atom. The SMILES string of the molecule is NCC(NC(=O)c1ccc(Br)cc1C(F)(F)F)C1CCCC1. The maximum absolute atomic E-state index is 13.1. The third kappa shape index (κ3) is 4.01. The first-order valence-corrected chi connectivity index (χ1v) is 8.00. The van der Waals surface area contributed by atoms with E-state index in [9.17, 15) is 18.0 Å². The lowest BCUT2D eigenvalue weighted by Gasteiger charge is -2.24. The number of rotatable bonds is 4. The quantitative estimate of drug-likeness (QED) is 0.838. The fraction of sp³-hybridized carbons (Fsp3) is 0.533. The molecule has 0 aromatic heterocycles. The Hall–Kier alpha value is -1.08. The highest BCUT2D eigenvalue weighted by atomic mass is 79.9. The van der Waals surface area contributed by atoms with Gasteiger partial charge in [-0.2, -0.15) is 13.2 Å². The molecule has 3 nitrogen and oxygen atoms in total.